The topological polar surface area (TPSA) is 38.7 Å². The smallest absolute Gasteiger partial charge is 0.244 e. The van der Waals surface area contributed by atoms with Gasteiger partial charge in [0.05, 0.1) is 7.11 Å². The van der Waals surface area contributed by atoms with E-state index in [2.05, 4.69) is 4.99 Å². The molecule has 0 saturated carbocycles. The highest BCUT2D eigenvalue weighted by atomic mass is 32.2. The first-order chi connectivity index (χ1) is 9.13. The summed E-state index contributed by atoms with van der Waals surface area (Å²) in [6, 6.07) is 5.82. The van der Waals surface area contributed by atoms with Crippen molar-refractivity contribution in [2.75, 3.05) is 12.9 Å². The number of benzene rings is 1. The van der Waals surface area contributed by atoms with Crippen LogP contribution < -0.4 is 4.74 Å². The summed E-state index contributed by atoms with van der Waals surface area (Å²) in [6.45, 7) is 4.03. The molecule has 0 unspecified atom stereocenters. The number of nitrogens with zero attached hydrogens (tertiary/aromatic N) is 1. The molecule has 1 aromatic carbocycles. The zero-order chi connectivity index (χ0) is 13.8. The predicted molar refractivity (Wildman–Crippen MR) is 83.9 cm³/mol. The number of rotatable bonds is 3. The Balaban J connectivity index is 2.26. The number of hydrogen-bond donors (Lipinski definition) is 0. The van der Waals surface area contributed by atoms with Crippen LogP contribution in [0.15, 0.2) is 28.9 Å². The van der Waals surface area contributed by atoms with E-state index in [4.69, 9.17) is 4.74 Å². The van der Waals surface area contributed by atoms with Crippen LogP contribution in [0.1, 0.15) is 18.1 Å². The van der Waals surface area contributed by atoms with E-state index in [0.29, 0.717) is 5.70 Å². The van der Waals surface area contributed by atoms with Crippen LogP contribution in [0.5, 0.6) is 5.75 Å². The number of carbonyl (C=O) groups excluding carboxylic acids is 1. The van der Waals surface area contributed by atoms with Gasteiger partial charge < -0.3 is 4.74 Å². The van der Waals surface area contributed by atoms with Crippen molar-refractivity contribution in [2.45, 2.75) is 13.8 Å². The van der Waals surface area contributed by atoms with E-state index in [1.807, 2.05) is 38.1 Å². The predicted octanol–water partition coefficient (Wildman–Crippen LogP) is 3.73. The zero-order valence-corrected chi connectivity index (χ0v) is 12.7. The molecule has 5 heteroatoms. The normalized spacial score (nSPS) is 16.9. The van der Waals surface area contributed by atoms with Crippen LogP contribution in [0.25, 0.3) is 6.08 Å². The highest BCUT2D eigenvalue weighted by molar-refractivity contribution is 8.45. The Kier molecular flexibility index (Phi) is 4.71. The molecule has 0 aromatic heterocycles. The van der Waals surface area contributed by atoms with Crippen LogP contribution in [-0.4, -0.2) is 22.4 Å². The monoisotopic (exact) mass is 293 g/mol. The van der Waals surface area contributed by atoms with Crippen LogP contribution >= 0.6 is 23.5 Å². The Bertz CT molecular complexity index is 565. The van der Waals surface area contributed by atoms with Gasteiger partial charge in [-0.3, -0.25) is 4.79 Å². The molecule has 1 aliphatic heterocycles. The maximum absolute atomic E-state index is 11.8. The summed E-state index contributed by atoms with van der Waals surface area (Å²) >= 11 is 2.81. The second kappa shape index (κ2) is 6.30. The molecule has 0 aliphatic carbocycles. The van der Waals surface area contributed by atoms with Crippen LogP contribution in [0.2, 0.25) is 0 Å². The van der Waals surface area contributed by atoms with E-state index in [9.17, 15) is 4.79 Å². The molecule has 0 amide bonds. The highest BCUT2D eigenvalue weighted by Gasteiger charge is 2.21. The van der Waals surface area contributed by atoms with Crippen molar-refractivity contribution in [1.29, 1.82) is 0 Å². The first kappa shape index (κ1) is 14.2. The third kappa shape index (κ3) is 3.42. The maximum Gasteiger partial charge on any atom is 0.244 e. The average molecular weight is 293 g/mol. The quantitative estimate of drug-likeness (QED) is 0.796. The Labute approximate surface area is 121 Å². The fourth-order valence-electron chi connectivity index (χ4n) is 1.72. The molecule has 2 rings (SSSR count). The van der Waals surface area contributed by atoms with Crippen LogP contribution in [0.4, 0.5) is 0 Å². The molecule has 19 heavy (non-hydrogen) atoms. The molecule has 0 atom stereocenters. The largest absolute Gasteiger partial charge is 0.496 e. The van der Waals surface area contributed by atoms with Crippen molar-refractivity contribution in [1.82, 2.24) is 0 Å². The Morgan fingerprint density at radius 1 is 1.47 bits per heavy atom. The summed E-state index contributed by atoms with van der Waals surface area (Å²) in [4.78, 5) is 16.2. The summed E-state index contributed by atoms with van der Waals surface area (Å²) in [5, 5.41) is 0.0180. The van der Waals surface area contributed by atoms with Gasteiger partial charge in [0.1, 0.15) is 15.8 Å². The van der Waals surface area contributed by atoms with Gasteiger partial charge in [-0.15, -0.1) is 0 Å². The van der Waals surface area contributed by atoms with E-state index in [0.717, 1.165) is 27.0 Å². The van der Waals surface area contributed by atoms with Crippen LogP contribution in [-0.2, 0) is 4.79 Å². The summed E-state index contributed by atoms with van der Waals surface area (Å²) in [5.74, 6) is 1.77. The molecule has 0 saturated heterocycles. The van der Waals surface area contributed by atoms with Crippen LogP contribution in [0.3, 0.4) is 0 Å². The van der Waals surface area contributed by atoms with Gasteiger partial charge in [-0.25, -0.2) is 4.99 Å². The minimum absolute atomic E-state index is 0.0180. The van der Waals surface area contributed by atoms with Crippen molar-refractivity contribution in [2.24, 2.45) is 4.99 Å². The number of ether oxygens (including phenoxy) is 1. The standard InChI is InChI=1S/C14H15NO2S2/c1-4-18-14-15-11(13(16)19-14)8-10-5-6-12(17-3)9(2)7-10/h5-8H,4H2,1-3H3/b11-8+. The lowest BCUT2D eigenvalue weighted by atomic mass is 10.1. The van der Waals surface area contributed by atoms with Crippen molar-refractivity contribution in [3.63, 3.8) is 0 Å². The van der Waals surface area contributed by atoms with Crippen molar-refractivity contribution in [3.05, 3.63) is 35.0 Å². The molecule has 0 radical (unpaired) electrons. The van der Waals surface area contributed by atoms with Gasteiger partial charge in [-0.05, 0) is 53.8 Å². The lowest BCUT2D eigenvalue weighted by Crippen LogP contribution is -1.90. The maximum atomic E-state index is 11.8. The molecule has 0 fully saturated rings. The minimum Gasteiger partial charge on any atom is -0.496 e. The van der Waals surface area contributed by atoms with Gasteiger partial charge in [-0.1, -0.05) is 24.8 Å². The lowest BCUT2D eigenvalue weighted by molar-refractivity contribution is -0.107. The third-order valence-electron chi connectivity index (χ3n) is 2.59. The summed E-state index contributed by atoms with van der Waals surface area (Å²) < 4.78 is 6.05. The molecule has 1 heterocycles. The van der Waals surface area contributed by atoms with Gasteiger partial charge in [0, 0.05) is 0 Å². The first-order valence-corrected chi connectivity index (χ1v) is 7.74. The summed E-state index contributed by atoms with van der Waals surface area (Å²) in [6.07, 6.45) is 1.82. The Hall–Kier alpha value is -1.20. The fraction of sp³-hybridized carbons (Fsp3) is 0.286. The van der Waals surface area contributed by atoms with Gasteiger partial charge in [0.15, 0.2) is 0 Å². The van der Waals surface area contributed by atoms with Crippen molar-refractivity contribution < 1.29 is 9.53 Å². The average Bonchev–Trinajstić information content (AvgIpc) is 2.70. The number of carbonyl (C=O) groups is 1. The molecule has 1 aromatic rings. The van der Waals surface area contributed by atoms with E-state index >= 15 is 0 Å². The number of methoxy groups -OCH3 is 1. The molecular weight excluding hydrogens is 278 g/mol. The van der Waals surface area contributed by atoms with Gasteiger partial charge in [-0.2, -0.15) is 0 Å². The molecule has 0 N–H and O–H groups in total. The van der Waals surface area contributed by atoms with Gasteiger partial charge >= 0.3 is 0 Å². The molecular formula is C14H15NO2S2. The number of aliphatic imine (C=N–C) groups is 1. The van der Waals surface area contributed by atoms with E-state index < -0.39 is 0 Å². The van der Waals surface area contributed by atoms with Crippen molar-refractivity contribution >= 4 is 39.1 Å². The molecule has 100 valence electrons. The SMILES string of the molecule is CCSC1=N/C(=C/c2ccc(OC)c(C)c2)C(=O)S1. The molecule has 3 nitrogen and oxygen atoms in total. The number of hydrogen-bond acceptors (Lipinski definition) is 5. The second-order valence-electron chi connectivity index (χ2n) is 3.96. The molecule has 0 bridgehead atoms. The fourth-order valence-corrected chi connectivity index (χ4v) is 3.46. The van der Waals surface area contributed by atoms with Gasteiger partial charge in [0.2, 0.25) is 5.12 Å². The van der Waals surface area contributed by atoms with Gasteiger partial charge in [0.25, 0.3) is 0 Å². The van der Waals surface area contributed by atoms with Crippen LogP contribution in [0, 0.1) is 6.92 Å². The third-order valence-corrected chi connectivity index (χ3v) is 4.48. The van der Waals surface area contributed by atoms with E-state index in [1.165, 1.54) is 11.8 Å². The Morgan fingerprint density at radius 2 is 2.26 bits per heavy atom. The molecule has 1 aliphatic rings. The summed E-state index contributed by atoms with van der Waals surface area (Å²) in [5.41, 5.74) is 2.53. The Morgan fingerprint density at radius 3 is 2.89 bits per heavy atom. The highest BCUT2D eigenvalue weighted by Crippen LogP contribution is 2.31. The second-order valence-corrected chi connectivity index (χ2v) is 6.43. The number of aryl methyl sites for hydroxylation is 1. The first-order valence-electron chi connectivity index (χ1n) is 5.94. The minimum atomic E-state index is 0.0180. The number of thioether (sulfide) groups is 2. The van der Waals surface area contributed by atoms with E-state index in [-0.39, 0.29) is 5.12 Å². The molecule has 0 spiro atoms. The zero-order valence-electron chi connectivity index (χ0n) is 11.1. The van der Waals surface area contributed by atoms with E-state index in [1.54, 1.807) is 18.9 Å². The summed E-state index contributed by atoms with van der Waals surface area (Å²) in [7, 11) is 1.65. The van der Waals surface area contributed by atoms with Crippen molar-refractivity contribution in [3.8, 4) is 5.75 Å². The lowest BCUT2D eigenvalue weighted by Gasteiger charge is -2.04.